The summed E-state index contributed by atoms with van der Waals surface area (Å²) in [7, 11) is 0. The van der Waals surface area contributed by atoms with Crippen molar-refractivity contribution in [1.82, 2.24) is 4.90 Å². The van der Waals surface area contributed by atoms with Crippen molar-refractivity contribution in [2.75, 3.05) is 6.54 Å². The van der Waals surface area contributed by atoms with Crippen molar-refractivity contribution < 1.29 is 14.7 Å². The van der Waals surface area contributed by atoms with Crippen LogP contribution in [0.15, 0.2) is 30.3 Å². The summed E-state index contributed by atoms with van der Waals surface area (Å²) in [6.07, 6.45) is 7.36. The first kappa shape index (κ1) is 13.9. The number of rotatable bonds is 6. The average molecular weight is 285 g/mol. The lowest BCUT2D eigenvalue weighted by molar-refractivity contribution is -0.131. The number of aliphatic carboxylic acids is 1. The maximum Gasteiger partial charge on any atom is 0.328 e. The maximum absolute atomic E-state index is 12.6. The molecule has 1 N–H and O–H groups in total. The van der Waals surface area contributed by atoms with Gasteiger partial charge in [0.1, 0.15) is 0 Å². The number of carboxylic acid groups (broad SMARTS) is 1. The van der Waals surface area contributed by atoms with Crippen LogP contribution in [0.25, 0.3) is 6.08 Å². The van der Waals surface area contributed by atoms with E-state index >= 15 is 0 Å². The Bertz CT molecular complexity index is 568. The summed E-state index contributed by atoms with van der Waals surface area (Å²) >= 11 is 0. The Morgan fingerprint density at radius 3 is 2.33 bits per heavy atom. The van der Waals surface area contributed by atoms with Crippen molar-refractivity contribution in [3.63, 3.8) is 0 Å². The first-order chi connectivity index (χ1) is 10.1. The molecule has 0 bridgehead atoms. The highest BCUT2D eigenvalue weighted by Crippen LogP contribution is 2.35. The largest absolute Gasteiger partial charge is 0.478 e. The van der Waals surface area contributed by atoms with Crippen LogP contribution >= 0.6 is 0 Å². The van der Waals surface area contributed by atoms with E-state index in [2.05, 4.69) is 0 Å². The molecule has 2 aliphatic rings. The lowest BCUT2D eigenvalue weighted by Crippen LogP contribution is -2.34. The van der Waals surface area contributed by atoms with Crippen molar-refractivity contribution in [3.05, 3.63) is 41.5 Å². The summed E-state index contributed by atoms with van der Waals surface area (Å²) in [6.45, 7) is 0.893. The van der Waals surface area contributed by atoms with Crippen molar-refractivity contribution in [3.8, 4) is 0 Å². The van der Waals surface area contributed by atoms with E-state index in [-0.39, 0.29) is 5.91 Å². The van der Waals surface area contributed by atoms with Crippen LogP contribution in [0.4, 0.5) is 0 Å². The second kappa shape index (κ2) is 5.72. The van der Waals surface area contributed by atoms with Crippen molar-refractivity contribution in [2.24, 2.45) is 5.92 Å². The van der Waals surface area contributed by atoms with Crippen LogP contribution in [0.1, 0.15) is 41.6 Å². The van der Waals surface area contributed by atoms with E-state index in [9.17, 15) is 9.59 Å². The second-order valence-electron chi connectivity index (χ2n) is 5.93. The van der Waals surface area contributed by atoms with E-state index in [1.807, 2.05) is 4.90 Å². The Kier molecular flexibility index (Phi) is 3.78. The predicted octanol–water partition coefficient (Wildman–Crippen LogP) is 2.80. The first-order valence-corrected chi connectivity index (χ1v) is 7.45. The van der Waals surface area contributed by atoms with Gasteiger partial charge in [-0.3, -0.25) is 4.79 Å². The van der Waals surface area contributed by atoms with Gasteiger partial charge in [0.05, 0.1) is 0 Å². The molecule has 3 rings (SSSR count). The summed E-state index contributed by atoms with van der Waals surface area (Å²) in [4.78, 5) is 25.1. The molecule has 0 radical (unpaired) electrons. The van der Waals surface area contributed by atoms with Gasteiger partial charge >= 0.3 is 5.97 Å². The molecule has 0 spiro atoms. The third-order valence-corrected chi connectivity index (χ3v) is 3.98. The monoisotopic (exact) mass is 285 g/mol. The summed E-state index contributed by atoms with van der Waals surface area (Å²) in [5, 5.41) is 8.60. The Morgan fingerprint density at radius 2 is 1.81 bits per heavy atom. The van der Waals surface area contributed by atoms with Crippen LogP contribution in [0, 0.1) is 5.92 Å². The predicted molar refractivity (Wildman–Crippen MR) is 79.9 cm³/mol. The van der Waals surface area contributed by atoms with Crippen molar-refractivity contribution in [1.29, 1.82) is 0 Å². The molecule has 1 aromatic rings. The standard InChI is InChI=1S/C17H19NO3/c19-16(20)10-5-12-3-6-14(7-4-12)17(21)18(15-8-9-15)11-13-1-2-13/h3-7,10,13,15H,1-2,8-9,11H2,(H,19,20). The molecule has 0 atom stereocenters. The Morgan fingerprint density at radius 1 is 1.14 bits per heavy atom. The van der Waals surface area contributed by atoms with Gasteiger partial charge in [-0.1, -0.05) is 12.1 Å². The summed E-state index contributed by atoms with van der Waals surface area (Å²) in [6, 6.07) is 7.58. The average Bonchev–Trinajstić information content (AvgIpc) is 3.36. The number of hydrogen-bond acceptors (Lipinski definition) is 2. The molecule has 0 aromatic heterocycles. The lowest BCUT2D eigenvalue weighted by atomic mass is 10.1. The highest BCUT2D eigenvalue weighted by Gasteiger charge is 2.36. The van der Waals surface area contributed by atoms with E-state index in [4.69, 9.17) is 5.11 Å². The van der Waals surface area contributed by atoms with Crippen LogP contribution in [0.5, 0.6) is 0 Å². The van der Waals surface area contributed by atoms with E-state index in [1.165, 1.54) is 18.9 Å². The minimum absolute atomic E-state index is 0.109. The molecule has 2 aliphatic carbocycles. The molecular formula is C17H19NO3. The number of benzene rings is 1. The van der Waals surface area contributed by atoms with Crippen LogP contribution in [0.3, 0.4) is 0 Å². The lowest BCUT2D eigenvalue weighted by Gasteiger charge is -2.22. The minimum atomic E-state index is -0.973. The van der Waals surface area contributed by atoms with Crippen LogP contribution in [-0.4, -0.2) is 34.5 Å². The summed E-state index contributed by atoms with van der Waals surface area (Å²) in [5.41, 5.74) is 1.48. The molecule has 110 valence electrons. The summed E-state index contributed by atoms with van der Waals surface area (Å²) in [5.74, 6) is -0.162. The molecule has 2 saturated carbocycles. The van der Waals surface area contributed by atoms with Gasteiger partial charge in [-0.25, -0.2) is 4.79 Å². The van der Waals surface area contributed by atoms with E-state index in [0.29, 0.717) is 17.5 Å². The fourth-order valence-corrected chi connectivity index (χ4v) is 2.43. The Balaban J connectivity index is 1.69. The molecule has 4 heteroatoms. The quantitative estimate of drug-likeness (QED) is 0.818. The fraction of sp³-hybridized carbons (Fsp3) is 0.412. The number of hydrogen-bond donors (Lipinski definition) is 1. The van der Waals surface area contributed by atoms with Crippen molar-refractivity contribution in [2.45, 2.75) is 31.7 Å². The van der Waals surface area contributed by atoms with Crippen molar-refractivity contribution >= 4 is 18.0 Å². The van der Waals surface area contributed by atoms with E-state index < -0.39 is 5.97 Å². The highest BCUT2D eigenvalue weighted by molar-refractivity contribution is 5.95. The van der Waals surface area contributed by atoms with Gasteiger partial charge in [-0.15, -0.1) is 0 Å². The smallest absolute Gasteiger partial charge is 0.328 e. The number of nitrogens with zero attached hydrogens (tertiary/aromatic N) is 1. The zero-order chi connectivity index (χ0) is 14.8. The highest BCUT2D eigenvalue weighted by atomic mass is 16.4. The minimum Gasteiger partial charge on any atom is -0.478 e. The van der Waals surface area contributed by atoms with Gasteiger partial charge in [-0.05, 0) is 55.4 Å². The number of carboxylic acids is 1. The Hall–Kier alpha value is -2.10. The molecule has 2 fully saturated rings. The SMILES string of the molecule is O=C(O)C=Cc1ccc(C(=O)N(CC2CC2)C2CC2)cc1. The zero-order valence-corrected chi connectivity index (χ0v) is 11.9. The van der Waals surface area contributed by atoms with Gasteiger partial charge in [0, 0.05) is 24.2 Å². The Labute approximate surface area is 124 Å². The molecule has 0 saturated heterocycles. The maximum atomic E-state index is 12.6. The fourth-order valence-electron chi connectivity index (χ4n) is 2.43. The summed E-state index contributed by atoms with van der Waals surface area (Å²) < 4.78 is 0. The molecule has 1 aromatic carbocycles. The number of amides is 1. The second-order valence-corrected chi connectivity index (χ2v) is 5.93. The van der Waals surface area contributed by atoms with Gasteiger partial charge < -0.3 is 10.0 Å². The van der Waals surface area contributed by atoms with Gasteiger partial charge in [0.25, 0.3) is 5.91 Å². The molecule has 0 unspecified atom stereocenters. The molecule has 0 aliphatic heterocycles. The molecule has 1 amide bonds. The van der Waals surface area contributed by atoms with E-state index in [0.717, 1.165) is 31.0 Å². The third-order valence-electron chi connectivity index (χ3n) is 3.98. The van der Waals surface area contributed by atoms with Crippen LogP contribution in [-0.2, 0) is 4.79 Å². The zero-order valence-electron chi connectivity index (χ0n) is 11.9. The number of carbonyl (C=O) groups is 2. The van der Waals surface area contributed by atoms with Crippen LogP contribution < -0.4 is 0 Å². The topological polar surface area (TPSA) is 57.6 Å². The van der Waals surface area contributed by atoms with Gasteiger partial charge in [-0.2, -0.15) is 0 Å². The van der Waals surface area contributed by atoms with Gasteiger partial charge in [0.15, 0.2) is 0 Å². The first-order valence-electron chi connectivity index (χ1n) is 7.45. The molecule has 0 heterocycles. The van der Waals surface area contributed by atoms with Crippen LogP contribution in [0.2, 0.25) is 0 Å². The third kappa shape index (κ3) is 3.72. The molecular weight excluding hydrogens is 266 g/mol. The van der Waals surface area contributed by atoms with Gasteiger partial charge in [0.2, 0.25) is 0 Å². The molecule has 4 nitrogen and oxygen atoms in total. The normalized spacial score (nSPS) is 17.9. The number of carbonyl (C=O) groups excluding carboxylic acids is 1. The molecule has 21 heavy (non-hydrogen) atoms. The van der Waals surface area contributed by atoms with E-state index in [1.54, 1.807) is 24.3 Å².